The molecule has 29 heavy (non-hydrogen) atoms. The number of rotatable bonds is 4. The summed E-state index contributed by atoms with van der Waals surface area (Å²) in [5, 5.41) is 0. The molecule has 0 N–H and O–H groups in total. The van der Waals surface area contributed by atoms with Gasteiger partial charge in [-0.3, -0.25) is 9.97 Å². The molecular formula is C24H18N2S3. The molecule has 0 atom stereocenters. The molecule has 2 nitrogen and oxygen atoms in total. The van der Waals surface area contributed by atoms with Gasteiger partial charge in [0.2, 0.25) is 0 Å². The molecule has 5 rings (SSSR count). The first-order valence-electron chi connectivity index (χ1n) is 9.32. The second-order valence-electron chi connectivity index (χ2n) is 6.86. The highest BCUT2D eigenvalue weighted by Gasteiger charge is 2.11. The third-order valence-corrected chi connectivity index (χ3v) is 8.41. The summed E-state index contributed by atoms with van der Waals surface area (Å²) in [5.41, 5.74) is 4.57. The highest BCUT2D eigenvalue weighted by molar-refractivity contribution is 7.27. The van der Waals surface area contributed by atoms with Gasteiger partial charge in [-0.25, -0.2) is 0 Å². The number of aromatic nitrogens is 2. The maximum absolute atomic E-state index is 4.30. The minimum Gasteiger partial charge on any atom is -0.262 e. The van der Waals surface area contributed by atoms with Gasteiger partial charge in [-0.15, -0.1) is 34.0 Å². The SMILES string of the molecule is Cc1cc(-c2ccc(-c3ccc(-c4ccc(-c5ccnc(C)c5)s4)s3)s2)ccn1. The first kappa shape index (κ1) is 18.4. The summed E-state index contributed by atoms with van der Waals surface area (Å²) in [4.78, 5) is 16.4. The fourth-order valence-corrected chi connectivity index (χ4v) is 6.44. The van der Waals surface area contributed by atoms with Crippen molar-refractivity contribution in [3.05, 3.63) is 84.4 Å². The fraction of sp³-hybridized carbons (Fsp3) is 0.0833. The van der Waals surface area contributed by atoms with Crippen molar-refractivity contribution in [2.24, 2.45) is 0 Å². The Morgan fingerprint density at radius 3 is 1.21 bits per heavy atom. The van der Waals surface area contributed by atoms with Crippen LogP contribution >= 0.6 is 34.0 Å². The molecule has 0 bridgehead atoms. The lowest BCUT2D eigenvalue weighted by atomic mass is 10.2. The van der Waals surface area contributed by atoms with Crippen molar-refractivity contribution in [2.75, 3.05) is 0 Å². The summed E-state index contributed by atoms with van der Waals surface area (Å²) in [6.45, 7) is 4.07. The van der Waals surface area contributed by atoms with Gasteiger partial charge in [0.15, 0.2) is 0 Å². The maximum atomic E-state index is 4.30. The highest BCUT2D eigenvalue weighted by atomic mass is 32.1. The van der Waals surface area contributed by atoms with E-state index in [4.69, 9.17) is 0 Å². The van der Waals surface area contributed by atoms with Crippen LogP contribution in [0.15, 0.2) is 73.1 Å². The zero-order valence-electron chi connectivity index (χ0n) is 16.0. The first-order valence-corrected chi connectivity index (χ1v) is 11.8. The normalized spacial score (nSPS) is 11.1. The van der Waals surface area contributed by atoms with Gasteiger partial charge in [0.1, 0.15) is 0 Å². The van der Waals surface area contributed by atoms with Crippen molar-refractivity contribution >= 4 is 34.0 Å². The molecule has 0 fully saturated rings. The largest absolute Gasteiger partial charge is 0.262 e. The second kappa shape index (κ2) is 7.67. The van der Waals surface area contributed by atoms with Crippen LogP contribution in [0.25, 0.3) is 40.4 Å². The minimum atomic E-state index is 1.05. The predicted octanol–water partition coefficient (Wildman–Crippen LogP) is 7.95. The van der Waals surface area contributed by atoms with Crippen LogP contribution < -0.4 is 0 Å². The summed E-state index contributed by atoms with van der Waals surface area (Å²) >= 11 is 5.54. The summed E-state index contributed by atoms with van der Waals surface area (Å²) in [5.74, 6) is 0. The van der Waals surface area contributed by atoms with Gasteiger partial charge in [0.05, 0.1) is 0 Å². The van der Waals surface area contributed by atoms with Crippen molar-refractivity contribution in [3.63, 3.8) is 0 Å². The molecule has 0 aliphatic rings. The molecule has 0 unspecified atom stereocenters. The monoisotopic (exact) mass is 430 g/mol. The van der Waals surface area contributed by atoms with Gasteiger partial charge >= 0.3 is 0 Å². The Kier molecular flexibility index (Phi) is 4.87. The lowest BCUT2D eigenvalue weighted by molar-refractivity contribution is 1.20. The zero-order valence-corrected chi connectivity index (χ0v) is 18.5. The van der Waals surface area contributed by atoms with E-state index in [2.05, 4.69) is 70.6 Å². The molecule has 0 aliphatic heterocycles. The fourth-order valence-electron chi connectivity index (χ4n) is 3.25. The molecule has 5 heterocycles. The van der Waals surface area contributed by atoms with Gasteiger partial charge in [-0.2, -0.15) is 0 Å². The number of pyridine rings is 2. The van der Waals surface area contributed by atoms with E-state index < -0.39 is 0 Å². The average Bonchev–Trinajstić information content (AvgIpc) is 3.47. The van der Waals surface area contributed by atoms with E-state index in [-0.39, 0.29) is 0 Å². The average molecular weight is 431 g/mol. The van der Waals surface area contributed by atoms with E-state index >= 15 is 0 Å². The Bertz CT molecular complexity index is 1190. The lowest BCUT2D eigenvalue weighted by Gasteiger charge is -1.98. The number of hydrogen-bond donors (Lipinski definition) is 0. The molecule has 0 aliphatic carbocycles. The van der Waals surface area contributed by atoms with Crippen LogP contribution in [0.4, 0.5) is 0 Å². The molecule has 5 aromatic rings. The van der Waals surface area contributed by atoms with Crippen molar-refractivity contribution in [1.29, 1.82) is 0 Å². The van der Waals surface area contributed by atoms with Gasteiger partial charge < -0.3 is 0 Å². The molecule has 0 spiro atoms. The van der Waals surface area contributed by atoms with Crippen LogP contribution in [0.5, 0.6) is 0 Å². The maximum Gasteiger partial charge on any atom is 0.0449 e. The Balaban J connectivity index is 1.42. The number of thiophene rings is 3. The summed E-state index contributed by atoms with van der Waals surface area (Å²) in [6.07, 6.45) is 3.76. The number of hydrogen-bond acceptors (Lipinski definition) is 5. The molecular weight excluding hydrogens is 412 g/mol. The molecule has 0 saturated heterocycles. The summed E-state index contributed by atoms with van der Waals surface area (Å²) in [6, 6.07) is 21.8. The number of aryl methyl sites for hydroxylation is 2. The molecule has 0 aromatic carbocycles. The Morgan fingerprint density at radius 2 is 0.828 bits per heavy atom. The Labute approximate surface area is 182 Å². The minimum absolute atomic E-state index is 1.05. The quantitative estimate of drug-likeness (QED) is 0.289. The van der Waals surface area contributed by atoms with Gasteiger partial charge in [-0.05, 0) is 85.6 Å². The third-order valence-electron chi connectivity index (χ3n) is 4.67. The molecule has 0 radical (unpaired) electrons. The molecule has 0 amide bonds. The third kappa shape index (κ3) is 3.81. The van der Waals surface area contributed by atoms with Crippen molar-refractivity contribution in [2.45, 2.75) is 13.8 Å². The van der Waals surface area contributed by atoms with E-state index in [1.165, 1.54) is 40.4 Å². The van der Waals surface area contributed by atoms with Crippen molar-refractivity contribution in [3.8, 4) is 40.4 Å². The second-order valence-corrected chi connectivity index (χ2v) is 10.1. The van der Waals surface area contributed by atoms with Gasteiger partial charge in [-0.1, -0.05) is 0 Å². The van der Waals surface area contributed by atoms with E-state index in [0.29, 0.717) is 0 Å². The van der Waals surface area contributed by atoms with Crippen molar-refractivity contribution in [1.82, 2.24) is 9.97 Å². The standard InChI is InChI=1S/C24H18N2S3/c1-15-13-17(9-11-25-15)19-3-5-21(27-19)23-7-8-24(29-23)22-6-4-20(28-22)18-10-12-26-16(2)14-18/h3-14H,1-2H3. The smallest absolute Gasteiger partial charge is 0.0449 e. The number of nitrogens with zero attached hydrogens (tertiary/aromatic N) is 2. The summed E-state index contributed by atoms with van der Waals surface area (Å²) in [7, 11) is 0. The van der Waals surface area contributed by atoms with Crippen LogP contribution in [0.2, 0.25) is 0 Å². The predicted molar refractivity (Wildman–Crippen MR) is 127 cm³/mol. The van der Waals surface area contributed by atoms with Gasteiger partial charge in [0.25, 0.3) is 0 Å². The highest BCUT2D eigenvalue weighted by Crippen LogP contribution is 2.43. The summed E-state index contributed by atoms with van der Waals surface area (Å²) < 4.78 is 0. The molecule has 5 aromatic heterocycles. The van der Waals surface area contributed by atoms with Crippen LogP contribution in [-0.2, 0) is 0 Å². The first-order chi connectivity index (χ1) is 14.2. The molecule has 5 heteroatoms. The van der Waals surface area contributed by atoms with Gasteiger partial charge in [0, 0.05) is 53.0 Å². The topological polar surface area (TPSA) is 25.8 Å². The lowest BCUT2D eigenvalue weighted by Crippen LogP contribution is -1.79. The van der Waals surface area contributed by atoms with Crippen LogP contribution in [-0.4, -0.2) is 9.97 Å². The Hall–Kier alpha value is -2.60. The van der Waals surface area contributed by atoms with E-state index in [0.717, 1.165) is 11.4 Å². The Morgan fingerprint density at radius 1 is 0.483 bits per heavy atom. The molecule has 0 saturated carbocycles. The van der Waals surface area contributed by atoms with E-state index in [1.54, 1.807) is 0 Å². The van der Waals surface area contributed by atoms with Crippen molar-refractivity contribution < 1.29 is 0 Å². The zero-order chi connectivity index (χ0) is 19.8. The van der Waals surface area contributed by atoms with Crippen LogP contribution in [0.1, 0.15) is 11.4 Å². The van der Waals surface area contributed by atoms with E-state index in [1.807, 2.05) is 60.3 Å². The molecule has 142 valence electrons. The van der Waals surface area contributed by atoms with E-state index in [9.17, 15) is 0 Å². The van der Waals surface area contributed by atoms with Crippen LogP contribution in [0, 0.1) is 13.8 Å². The van der Waals surface area contributed by atoms with Crippen LogP contribution in [0.3, 0.4) is 0 Å².